The largest absolute Gasteiger partial charge is 0.503 e. The van der Waals surface area contributed by atoms with Gasteiger partial charge in [-0.25, -0.2) is 4.98 Å². The Bertz CT molecular complexity index is 1070. The van der Waals surface area contributed by atoms with Gasteiger partial charge in [-0.2, -0.15) is 0 Å². The highest BCUT2D eigenvalue weighted by atomic mass is 32.1. The molecule has 3 aromatic rings. The van der Waals surface area contributed by atoms with E-state index in [4.69, 9.17) is 0 Å². The number of aliphatic hydroxyl groups is 1. The van der Waals surface area contributed by atoms with Crippen LogP contribution in [0.3, 0.4) is 0 Å². The van der Waals surface area contributed by atoms with Crippen molar-refractivity contribution in [2.24, 2.45) is 0 Å². The van der Waals surface area contributed by atoms with Crippen molar-refractivity contribution in [3.05, 3.63) is 79.4 Å². The highest BCUT2D eigenvalue weighted by Crippen LogP contribution is 2.41. The molecule has 1 amide bonds. The van der Waals surface area contributed by atoms with E-state index in [1.165, 1.54) is 27.6 Å². The third-order valence-electron chi connectivity index (χ3n) is 4.59. The van der Waals surface area contributed by atoms with E-state index in [1.54, 1.807) is 31.5 Å². The highest BCUT2D eigenvalue weighted by molar-refractivity contribution is 7.14. The molecule has 0 saturated heterocycles. The lowest BCUT2D eigenvalue weighted by Crippen LogP contribution is -2.30. The van der Waals surface area contributed by atoms with Gasteiger partial charge in [0.05, 0.1) is 33.7 Å². The Kier molecular flexibility index (Phi) is 4.82. The van der Waals surface area contributed by atoms with Crippen LogP contribution >= 0.6 is 22.7 Å². The summed E-state index contributed by atoms with van der Waals surface area (Å²) in [5.41, 5.74) is 1.43. The fourth-order valence-corrected chi connectivity index (χ4v) is 4.95. The van der Waals surface area contributed by atoms with E-state index in [9.17, 15) is 14.7 Å². The number of pyridine rings is 1. The summed E-state index contributed by atoms with van der Waals surface area (Å²) in [6, 6.07) is 6.68. The van der Waals surface area contributed by atoms with Crippen LogP contribution in [0.25, 0.3) is 0 Å². The summed E-state index contributed by atoms with van der Waals surface area (Å²) < 4.78 is 0. The number of hydrogen-bond donors (Lipinski definition) is 1. The molecule has 8 heteroatoms. The summed E-state index contributed by atoms with van der Waals surface area (Å²) in [7, 11) is 0. The molecule has 1 aliphatic rings. The van der Waals surface area contributed by atoms with Gasteiger partial charge in [0.2, 0.25) is 5.78 Å². The summed E-state index contributed by atoms with van der Waals surface area (Å²) >= 11 is 2.79. The number of amides is 1. The number of nitrogens with zero attached hydrogens (tertiary/aromatic N) is 3. The predicted molar refractivity (Wildman–Crippen MR) is 107 cm³/mol. The van der Waals surface area contributed by atoms with Crippen molar-refractivity contribution in [2.75, 3.05) is 0 Å². The minimum atomic E-state index is -0.674. The average molecular weight is 412 g/mol. The van der Waals surface area contributed by atoms with Crippen LogP contribution in [0.15, 0.2) is 53.4 Å². The molecule has 6 nitrogen and oxygen atoms in total. The lowest BCUT2D eigenvalue weighted by Gasteiger charge is -2.26. The smallest absolute Gasteiger partial charge is 0.290 e. The average Bonchev–Trinajstić information content (AvgIpc) is 3.37. The first-order chi connectivity index (χ1) is 13.5. The molecule has 1 unspecified atom stereocenters. The van der Waals surface area contributed by atoms with Crippen LogP contribution in [0.2, 0.25) is 0 Å². The molecular weight excluding hydrogens is 394 g/mol. The highest BCUT2D eigenvalue weighted by Gasteiger charge is 2.44. The number of thiophene rings is 1. The van der Waals surface area contributed by atoms with E-state index in [0.29, 0.717) is 17.1 Å². The number of carbonyl (C=O) groups excluding carboxylic acids is 2. The third kappa shape index (κ3) is 3.14. The standard InChI is InChI=1S/C20H17N3O3S2/c1-11-19(28-12(2)22-11)17(24)15-16(13-5-7-21-8-6-13)23(20(26)18(15)25)10-14-4-3-9-27-14/h3-9,16,25H,10H2,1-2H3. The van der Waals surface area contributed by atoms with Crippen molar-refractivity contribution in [1.29, 1.82) is 0 Å². The molecule has 1 aliphatic heterocycles. The van der Waals surface area contributed by atoms with Gasteiger partial charge < -0.3 is 10.0 Å². The minimum Gasteiger partial charge on any atom is -0.503 e. The zero-order valence-corrected chi connectivity index (χ0v) is 16.9. The van der Waals surface area contributed by atoms with Gasteiger partial charge in [-0.3, -0.25) is 14.6 Å². The van der Waals surface area contributed by atoms with Crippen LogP contribution in [0, 0.1) is 13.8 Å². The molecule has 3 aromatic heterocycles. The number of aryl methyl sites for hydroxylation is 2. The maximum absolute atomic E-state index is 13.3. The van der Waals surface area contributed by atoms with Gasteiger partial charge in [0.15, 0.2) is 5.76 Å². The number of hydrogen-bond acceptors (Lipinski definition) is 7. The van der Waals surface area contributed by atoms with E-state index >= 15 is 0 Å². The topological polar surface area (TPSA) is 83.4 Å². The van der Waals surface area contributed by atoms with Crippen LogP contribution in [-0.2, 0) is 11.3 Å². The quantitative estimate of drug-likeness (QED) is 0.642. The van der Waals surface area contributed by atoms with Crippen LogP contribution in [-0.4, -0.2) is 31.7 Å². The zero-order chi connectivity index (χ0) is 19.8. The summed E-state index contributed by atoms with van der Waals surface area (Å²) in [6.07, 6.45) is 3.23. The Labute approximate surface area is 169 Å². The number of aromatic nitrogens is 2. The van der Waals surface area contributed by atoms with Crippen LogP contribution in [0.4, 0.5) is 0 Å². The Morgan fingerprint density at radius 2 is 2.00 bits per heavy atom. The molecule has 1 atom stereocenters. The first-order valence-electron chi connectivity index (χ1n) is 8.62. The number of aliphatic hydroxyl groups excluding tert-OH is 1. The Morgan fingerprint density at radius 3 is 2.61 bits per heavy atom. The lowest BCUT2D eigenvalue weighted by molar-refractivity contribution is -0.130. The minimum absolute atomic E-state index is 0.0968. The SMILES string of the molecule is Cc1nc(C)c(C(=O)C2=C(O)C(=O)N(Cc3cccs3)C2c2ccncc2)s1. The molecule has 0 bridgehead atoms. The Hall–Kier alpha value is -2.84. The molecule has 28 heavy (non-hydrogen) atoms. The maximum Gasteiger partial charge on any atom is 0.290 e. The van der Waals surface area contributed by atoms with Gasteiger partial charge in [0.1, 0.15) is 0 Å². The molecule has 0 radical (unpaired) electrons. The molecule has 4 heterocycles. The van der Waals surface area contributed by atoms with Gasteiger partial charge >= 0.3 is 0 Å². The summed E-state index contributed by atoms with van der Waals surface area (Å²) in [5, 5.41) is 13.4. The summed E-state index contributed by atoms with van der Waals surface area (Å²) in [5.74, 6) is -1.39. The molecule has 0 saturated carbocycles. The van der Waals surface area contributed by atoms with Gasteiger partial charge in [0, 0.05) is 17.3 Å². The number of rotatable bonds is 5. The summed E-state index contributed by atoms with van der Waals surface area (Å²) in [6.45, 7) is 3.90. The van der Waals surface area contributed by atoms with Crippen molar-refractivity contribution >= 4 is 34.4 Å². The number of thiazole rings is 1. The third-order valence-corrected chi connectivity index (χ3v) is 6.52. The van der Waals surface area contributed by atoms with Crippen molar-refractivity contribution in [1.82, 2.24) is 14.9 Å². The van der Waals surface area contributed by atoms with Crippen LogP contribution in [0.1, 0.15) is 36.9 Å². The van der Waals surface area contributed by atoms with Gasteiger partial charge in [0.25, 0.3) is 5.91 Å². The number of Topliss-reactive ketones (excluding diaryl/α,β-unsaturated/α-hetero) is 1. The molecule has 4 rings (SSSR count). The molecule has 0 fully saturated rings. The fraction of sp³-hybridized carbons (Fsp3) is 0.200. The monoisotopic (exact) mass is 411 g/mol. The second-order valence-corrected chi connectivity index (χ2v) is 8.67. The van der Waals surface area contributed by atoms with Gasteiger partial charge in [-0.1, -0.05) is 6.07 Å². The van der Waals surface area contributed by atoms with E-state index in [0.717, 1.165) is 15.4 Å². The zero-order valence-electron chi connectivity index (χ0n) is 15.2. The van der Waals surface area contributed by atoms with Crippen molar-refractivity contribution < 1.29 is 14.7 Å². The van der Waals surface area contributed by atoms with E-state index < -0.39 is 17.7 Å². The van der Waals surface area contributed by atoms with E-state index in [1.807, 2.05) is 24.4 Å². The van der Waals surface area contributed by atoms with Crippen molar-refractivity contribution in [3.63, 3.8) is 0 Å². The first-order valence-corrected chi connectivity index (χ1v) is 10.3. The Morgan fingerprint density at radius 1 is 1.25 bits per heavy atom. The predicted octanol–water partition coefficient (Wildman–Crippen LogP) is 3.99. The molecule has 0 aromatic carbocycles. The molecular formula is C20H17N3O3S2. The Balaban J connectivity index is 1.81. The van der Waals surface area contributed by atoms with Crippen LogP contribution < -0.4 is 0 Å². The normalized spacial score (nSPS) is 16.9. The molecule has 142 valence electrons. The van der Waals surface area contributed by atoms with Gasteiger partial charge in [-0.15, -0.1) is 22.7 Å². The summed E-state index contributed by atoms with van der Waals surface area (Å²) in [4.78, 5) is 37.5. The van der Waals surface area contributed by atoms with Gasteiger partial charge in [-0.05, 0) is 43.0 Å². The van der Waals surface area contributed by atoms with Crippen molar-refractivity contribution in [2.45, 2.75) is 26.4 Å². The molecule has 0 spiro atoms. The number of carbonyl (C=O) groups is 2. The fourth-order valence-electron chi connectivity index (χ4n) is 3.38. The second kappa shape index (κ2) is 7.29. The van der Waals surface area contributed by atoms with Crippen molar-refractivity contribution in [3.8, 4) is 0 Å². The first kappa shape index (κ1) is 18.5. The van der Waals surface area contributed by atoms with E-state index in [-0.39, 0.29) is 11.4 Å². The van der Waals surface area contributed by atoms with Crippen LogP contribution in [0.5, 0.6) is 0 Å². The lowest BCUT2D eigenvalue weighted by atomic mass is 9.96. The molecule has 1 N–H and O–H groups in total. The second-order valence-electron chi connectivity index (χ2n) is 6.43. The van der Waals surface area contributed by atoms with E-state index in [2.05, 4.69) is 9.97 Å². The maximum atomic E-state index is 13.3. The number of ketones is 1. The molecule has 0 aliphatic carbocycles.